The maximum absolute atomic E-state index is 12.6. The molecule has 0 aliphatic carbocycles. The molecular formula is C14H9ClF3NO4S. The number of carboxylic acid groups (broad SMARTS) is 1. The second kappa shape index (κ2) is 6.33. The lowest BCUT2D eigenvalue weighted by Crippen LogP contribution is -2.14. The van der Waals surface area contributed by atoms with Gasteiger partial charge >= 0.3 is 12.1 Å². The van der Waals surface area contributed by atoms with E-state index < -0.39 is 32.8 Å². The van der Waals surface area contributed by atoms with Crippen LogP contribution in [0.3, 0.4) is 0 Å². The van der Waals surface area contributed by atoms with Gasteiger partial charge in [0.15, 0.2) is 0 Å². The lowest BCUT2D eigenvalue weighted by atomic mass is 10.2. The van der Waals surface area contributed by atoms with E-state index in [2.05, 4.69) is 4.72 Å². The summed E-state index contributed by atoms with van der Waals surface area (Å²) in [5.74, 6) is -1.22. The minimum Gasteiger partial charge on any atom is -0.478 e. The van der Waals surface area contributed by atoms with Gasteiger partial charge in [-0.25, -0.2) is 13.2 Å². The van der Waals surface area contributed by atoms with Crippen molar-refractivity contribution in [2.45, 2.75) is 11.1 Å². The molecule has 2 rings (SSSR count). The number of halogens is 4. The molecule has 2 aromatic rings. The molecule has 0 aromatic heterocycles. The molecule has 0 amide bonds. The Hall–Kier alpha value is -2.26. The van der Waals surface area contributed by atoms with Gasteiger partial charge in [0.25, 0.3) is 10.0 Å². The van der Waals surface area contributed by atoms with Gasteiger partial charge in [-0.05, 0) is 42.5 Å². The SMILES string of the molecule is O=C(O)c1ccc(S(=O)(=O)Nc2ccc(C(F)(F)F)cc2Cl)cc1. The van der Waals surface area contributed by atoms with Crippen molar-refractivity contribution in [3.05, 3.63) is 58.6 Å². The fourth-order valence-electron chi connectivity index (χ4n) is 1.75. The second-order valence-electron chi connectivity index (χ2n) is 4.63. The standard InChI is InChI=1S/C14H9ClF3NO4S/c15-11-7-9(14(16,17)18)3-6-12(11)19-24(22,23)10-4-1-8(2-5-10)13(20)21/h1-7,19H,(H,20,21). The molecule has 0 aliphatic rings. The lowest BCUT2D eigenvalue weighted by Gasteiger charge is -2.12. The van der Waals surface area contributed by atoms with Crippen LogP contribution in [0.4, 0.5) is 18.9 Å². The van der Waals surface area contributed by atoms with Gasteiger partial charge in [-0.2, -0.15) is 13.2 Å². The molecule has 0 radical (unpaired) electrons. The van der Waals surface area contributed by atoms with E-state index in [1.807, 2.05) is 0 Å². The van der Waals surface area contributed by atoms with Crippen molar-refractivity contribution in [2.75, 3.05) is 4.72 Å². The quantitative estimate of drug-likeness (QED) is 0.845. The maximum atomic E-state index is 12.6. The van der Waals surface area contributed by atoms with Gasteiger partial charge in [-0.15, -0.1) is 0 Å². The zero-order valence-electron chi connectivity index (χ0n) is 11.6. The summed E-state index contributed by atoms with van der Waals surface area (Å²) in [6, 6.07) is 6.49. The summed E-state index contributed by atoms with van der Waals surface area (Å²) in [5.41, 5.74) is -1.35. The summed E-state index contributed by atoms with van der Waals surface area (Å²) in [4.78, 5) is 10.5. The van der Waals surface area contributed by atoms with Crippen LogP contribution in [0.5, 0.6) is 0 Å². The van der Waals surface area contributed by atoms with Crippen LogP contribution in [-0.4, -0.2) is 19.5 Å². The Morgan fingerprint density at radius 3 is 2.12 bits per heavy atom. The van der Waals surface area contributed by atoms with Crippen LogP contribution in [-0.2, 0) is 16.2 Å². The van der Waals surface area contributed by atoms with Gasteiger partial charge in [0.1, 0.15) is 0 Å². The smallest absolute Gasteiger partial charge is 0.416 e. The second-order valence-corrected chi connectivity index (χ2v) is 6.72. The number of benzene rings is 2. The molecule has 2 N–H and O–H groups in total. The van der Waals surface area contributed by atoms with E-state index in [1.54, 1.807) is 0 Å². The molecule has 0 heterocycles. The number of alkyl halides is 3. The van der Waals surface area contributed by atoms with E-state index in [0.29, 0.717) is 12.1 Å². The van der Waals surface area contributed by atoms with E-state index in [0.717, 1.165) is 30.3 Å². The first-order valence-electron chi connectivity index (χ1n) is 6.23. The number of anilines is 1. The third kappa shape index (κ3) is 3.98. The van der Waals surface area contributed by atoms with Crippen LogP contribution in [0.1, 0.15) is 15.9 Å². The predicted octanol–water partition coefficient (Wildman–Crippen LogP) is 3.86. The monoisotopic (exact) mass is 379 g/mol. The summed E-state index contributed by atoms with van der Waals surface area (Å²) in [7, 11) is -4.14. The largest absolute Gasteiger partial charge is 0.478 e. The molecule has 0 aliphatic heterocycles. The summed E-state index contributed by atoms with van der Waals surface area (Å²) < 4.78 is 64.1. The Balaban J connectivity index is 2.31. The first kappa shape index (κ1) is 18.1. The average molecular weight is 380 g/mol. The number of aromatic carboxylic acids is 1. The Kier molecular flexibility index (Phi) is 4.77. The molecule has 10 heteroatoms. The van der Waals surface area contributed by atoms with Crippen LogP contribution in [0.2, 0.25) is 5.02 Å². The predicted molar refractivity (Wildman–Crippen MR) is 80.7 cm³/mol. The zero-order chi connectivity index (χ0) is 18.1. The summed E-state index contributed by atoms with van der Waals surface area (Å²) in [5, 5.41) is 8.35. The number of carbonyl (C=O) groups is 1. The molecule has 0 unspecified atom stereocenters. The first-order chi connectivity index (χ1) is 11.0. The van der Waals surface area contributed by atoms with Crippen molar-refractivity contribution in [1.82, 2.24) is 0 Å². The first-order valence-corrected chi connectivity index (χ1v) is 8.10. The van der Waals surface area contributed by atoms with Crippen molar-refractivity contribution < 1.29 is 31.5 Å². The van der Waals surface area contributed by atoms with Crippen LogP contribution in [0.25, 0.3) is 0 Å². The molecule has 0 spiro atoms. The highest BCUT2D eigenvalue weighted by Crippen LogP contribution is 2.34. The highest BCUT2D eigenvalue weighted by Gasteiger charge is 2.31. The Labute approximate surface area is 139 Å². The third-order valence-electron chi connectivity index (χ3n) is 2.95. The average Bonchev–Trinajstić information content (AvgIpc) is 2.48. The number of rotatable bonds is 4. The zero-order valence-corrected chi connectivity index (χ0v) is 13.2. The molecule has 0 saturated heterocycles. The van der Waals surface area contributed by atoms with Crippen LogP contribution in [0, 0.1) is 0 Å². The van der Waals surface area contributed by atoms with Crippen molar-refractivity contribution >= 4 is 33.3 Å². The van der Waals surface area contributed by atoms with Gasteiger partial charge in [-0.3, -0.25) is 4.72 Å². The Bertz CT molecular complexity index is 880. The molecule has 0 bridgehead atoms. The molecule has 0 fully saturated rings. The van der Waals surface area contributed by atoms with E-state index >= 15 is 0 Å². The summed E-state index contributed by atoms with van der Waals surface area (Å²) >= 11 is 5.69. The van der Waals surface area contributed by atoms with E-state index in [9.17, 15) is 26.4 Å². The maximum Gasteiger partial charge on any atom is 0.416 e. The van der Waals surface area contributed by atoms with Gasteiger partial charge in [0.05, 0.1) is 26.7 Å². The summed E-state index contributed by atoms with van der Waals surface area (Å²) in [6.45, 7) is 0. The summed E-state index contributed by atoms with van der Waals surface area (Å²) in [6.07, 6.45) is -4.60. The highest BCUT2D eigenvalue weighted by atomic mass is 35.5. The van der Waals surface area contributed by atoms with Crippen molar-refractivity contribution in [3.8, 4) is 0 Å². The number of hydrogen-bond acceptors (Lipinski definition) is 3. The fraction of sp³-hybridized carbons (Fsp3) is 0.0714. The number of nitrogens with one attached hydrogen (secondary N) is 1. The third-order valence-corrected chi connectivity index (χ3v) is 4.65. The van der Waals surface area contributed by atoms with Gasteiger partial charge in [-0.1, -0.05) is 11.6 Å². The number of hydrogen-bond donors (Lipinski definition) is 2. The molecule has 24 heavy (non-hydrogen) atoms. The number of sulfonamides is 1. The molecule has 128 valence electrons. The highest BCUT2D eigenvalue weighted by molar-refractivity contribution is 7.92. The van der Waals surface area contributed by atoms with Crippen LogP contribution < -0.4 is 4.72 Å². The molecular weight excluding hydrogens is 371 g/mol. The van der Waals surface area contributed by atoms with Crippen LogP contribution >= 0.6 is 11.6 Å². The van der Waals surface area contributed by atoms with Crippen molar-refractivity contribution in [2.24, 2.45) is 0 Å². The van der Waals surface area contributed by atoms with E-state index in [-0.39, 0.29) is 16.1 Å². The van der Waals surface area contributed by atoms with Gasteiger partial charge < -0.3 is 5.11 Å². The molecule has 5 nitrogen and oxygen atoms in total. The molecule has 2 aromatic carbocycles. The number of carboxylic acids is 1. The van der Waals surface area contributed by atoms with Crippen molar-refractivity contribution in [3.63, 3.8) is 0 Å². The van der Waals surface area contributed by atoms with Gasteiger partial charge in [0.2, 0.25) is 0 Å². The lowest BCUT2D eigenvalue weighted by molar-refractivity contribution is -0.137. The minimum atomic E-state index is -4.60. The normalized spacial score (nSPS) is 12.0. The molecule has 0 atom stereocenters. The minimum absolute atomic E-state index is 0.110. The van der Waals surface area contributed by atoms with E-state index in [4.69, 9.17) is 16.7 Å². The fourth-order valence-corrected chi connectivity index (χ4v) is 3.12. The van der Waals surface area contributed by atoms with Crippen molar-refractivity contribution in [1.29, 1.82) is 0 Å². The molecule has 0 saturated carbocycles. The van der Waals surface area contributed by atoms with Crippen LogP contribution in [0.15, 0.2) is 47.4 Å². The Morgan fingerprint density at radius 2 is 1.67 bits per heavy atom. The Morgan fingerprint density at radius 1 is 1.08 bits per heavy atom. The topological polar surface area (TPSA) is 83.5 Å². The van der Waals surface area contributed by atoms with Gasteiger partial charge in [0, 0.05) is 0 Å². The van der Waals surface area contributed by atoms with E-state index in [1.165, 1.54) is 0 Å².